The van der Waals surface area contributed by atoms with Crippen molar-refractivity contribution in [2.24, 2.45) is 0 Å². The Bertz CT molecular complexity index is 1110. The summed E-state index contributed by atoms with van der Waals surface area (Å²) in [6.07, 6.45) is 5.80. The van der Waals surface area contributed by atoms with Crippen LogP contribution in [0.25, 0.3) is 16.9 Å². The van der Waals surface area contributed by atoms with Gasteiger partial charge in [-0.25, -0.2) is 0 Å². The van der Waals surface area contributed by atoms with Crippen LogP contribution in [-0.4, -0.2) is 75.5 Å². The average Bonchev–Trinajstić information content (AvgIpc) is 3.47. The van der Waals surface area contributed by atoms with Gasteiger partial charge in [-0.3, -0.25) is 9.59 Å². The van der Waals surface area contributed by atoms with Gasteiger partial charge in [-0.2, -0.15) is 9.78 Å². The van der Waals surface area contributed by atoms with Crippen LogP contribution in [0.3, 0.4) is 0 Å². The summed E-state index contributed by atoms with van der Waals surface area (Å²) in [5, 5.41) is 4.60. The molecule has 2 saturated heterocycles. The number of benzene rings is 1. The predicted octanol–water partition coefficient (Wildman–Crippen LogP) is 2.10. The fourth-order valence-electron chi connectivity index (χ4n) is 4.63. The molecule has 5 rings (SSSR count). The number of nitrogens with zero attached hydrogens (tertiary/aromatic N) is 5. The maximum Gasteiger partial charge on any atom is 0.282 e. The molecule has 0 radical (unpaired) electrons. The number of carbonyl (C=O) groups excluding carboxylic acids is 1. The first-order chi connectivity index (χ1) is 15.6. The molecule has 4 heterocycles. The zero-order valence-corrected chi connectivity index (χ0v) is 18.4. The number of rotatable bonds is 5. The van der Waals surface area contributed by atoms with E-state index in [0.717, 1.165) is 39.1 Å². The van der Waals surface area contributed by atoms with Gasteiger partial charge in [0.05, 0.1) is 22.9 Å². The molecule has 8 heteroatoms. The molecule has 0 aliphatic carbocycles. The molecule has 1 aromatic rings. The van der Waals surface area contributed by atoms with E-state index in [0.29, 0.717) is 42.1 Å². The lowest BCUT2D eigenvalue weighted by atomic mass is 10.1. The topological polar surface area (TPSA) is 72.6 Å². The second-order valence-corrected chi connectivity index (χ2v) is 8.54. The van der Waals surface area contributed by atoms with Crippen molar-refractivity contribution < 1.29 is 9.53 Å². The summed E-state index contributed by atoms with van der Waals surface area (Å²) in [5.41, 5.74) is 1.89. The van der Waals surface area contributed by atoms with E-state index < -0.39 is 0 Å². The van der Waals surface area contributed by atoms with Crippen molar-refractivity contribution in [1.82, 2.24) is 24.1 Å². The minimum atomic E-state index is -0.210. The van der Waals surface area contributed by atoms with E-state index in [1.165, 1.54) is 4.68 Å². The van der Waals surface area contributed by atoms with Crippen molar-refractivity contribution in [2.45, 2.75) is 32.4 Å². The van der Waals surface area contributed by atoms with Gasteiger partial charge in [0, 0.05) is 51.7 Å². The fourth-order valence-corrected chi connectivity index (χ4v) is 4.63. The number of ether oxygens (including phenoxy) is 1. The van der Waals surface area contributed by atoms with Crippen LogP contribution in [0.1, 0.15) is 30.1 Å². The van der Waals surface area contributed by atoms with Crippen molar-refractivity contribution in [3.8, 4) is 16.9 Å². The van der Waals surface area contributed by atoms with Gasteiger partial charge < -0.3 is 19.1 Å². The standard InChI is InChI=1S/C24H29N5O3/c1-2-26-10-12-28(13-11-26)23(30)20-16-27(15-19-9-6-14-32-19)17-21-22(20)25-29(24(21)31)18-7-4-3-5-8-18/h3-5,7-8,16-17,19H,2,6,9-15H2,1H3. The summed E-state index contributed by atoms with van der Waals surface area (Å²) in [5.74, 6) is -0.0647. The van der Waals surface area contributed by atoms with Crippen molar-refractivity contribution >= 4 is 5.91 Å². The van der Waals surface area contributed by atoms with Crippen LogP contribution in [0.4, 0.5) is 0 Å². The number of aromatic nitrogens is 3. The van der Waals surface area contributed by atoms with E-state index in [-0.39, 0.29) is 17.6 Å². The van der Waals surface area contributed by atoms with Gasteiger partial charge in [-0.15, -0.1) is 0 Å². The summed E-state index contributed by atoms with van der Waals surface area (Å²) in [6.45, 7) is 7.59. The van der Waals surface area contributed by atoms with Crippen LogP contribution in [0.2, 0.25) is 0 Å². The highest BCUT2D eigenvalue weighted by atomic mass is 16.5. The van der Waals surface area contributed by atoms with Gasteiger partial charge in [-0.05, 0) is 31.5 Å². The second-order valence-electron chi connectivity index (χ2n) is 8.54. The third-order valence-electron chi connectivity index (χ3n) is 6.50. The van der Waals surface area contributed by atoms with Crippen molar-refractivity contribution in [2.75, 3.05) is 39.3 Å². The maximum atomic E-state index is 13.6. The lowest BCUT2D eigenvalue weighted by Crippen LogP contribution is -2.48. The molecule has 168 valence electrons. The molecule has 1 amide bonds. The predicted molar refractivity (Wildman–Crippen MR) is 121 cm³/mol. The number of hydrogen-bond acceptors (Lipinski definition) is 5. The number of hydrogen-bond donors (Lipinski definition) is 0. The number of likely N-dealkylation sites (N-methyl/N-ethyl adjacent to an activating group) is 1. The van der Waals surface area contributed by atoms with E-state index in [2.05, 4.69) is 16.9 Å². The van der Waals surface area contributed by atoms with Crippen LogP contribution in [0.5, 0.6) is 0 Å². The number of para-hydroxylation sites is 1. The summed E-state index contributed by atoms with van der Waals surface area (Å²) < 4.78 is 9.13. The van der Waals surface area contributed by atoms with Gasteiger partial charge in [-0.1, -0.05) is 25.1 Å². The Morgan fingerprint density at radius 3 is 2.59 bits per heavy atom. The van der Waals surface area contributed by atoms with E-state index in [1.54, 1.807) is 0 Å². The van der Waals surface area contributed by atoms with Crippen molar-refractivity contribution in [3.05, 3.63) is 58.6 Å². The summed E-state index contributed by atoms with van der Waals surface area (Å²) in [6, 6.07) is 9.34. The first kappa shape index (κ1) is 20.9. The van der Waals surface area contributed by atoms with Crippen molar-refractivity contribution in [3.63, 3.8) is 0 Å². The highest BCUT2D eigenvalue weighted by molar-refractivity contribution is 6.00. The number of amides is 1. The molecule has 4 aliphatic heterocycles. The third-order valence-corrected chi connectivity index (χ3v) is 6.50. The van der Waals surface area contributed by atoms with Crippen LogP contribution >= 0.6 is 0 Å². The third kappa shape index (κ3) is 3.96. The number of carbonyl (C=O) groups is 1. The van der Waals surface area contributed by atoms with Crippen LogP contribution in [0, 0.1) is 0 Å². The zero-order valence-electron chi connectivity index (χ0n) is 18.4. The molecule has 1 aromatic carbocycles. The van der Waals surface area contributed by atoms with E-state index in [1.807, 2.05) is 52.2 Å². The van der Waals surface area contributed by atoms with Gasteiger partial charge >= 0.3 is 0 Å². The average molecular weight is 436 g/mol. The molecule has 2 fully saturated rings. The molecule has 0 N–H and O–H groups in total. The monoisotopic (exact) mass is 435 g/mol. The Kier molecular flexibility index (Phi) is 5.80. The smallest absolute Gasteiger partial charge is 0.282 e. The number of piperazine rings is 1. The molecule has 0 bridgehead atoms. The van der Waals surface area contributed by atoms with Crippen LogP contribution in [0.15, 0.2) is 47.5 Å². The molecule has 1 atom stereocenters. The van der Waals surface area contributed by atoms with Gasteiger partial charge in [0.1, 0.15) is 5.69 Å². The first-order valence-corrected chi connectivity index (χ1v) is 11.5. The minimum Gasteiger partial charge on any atom is -0.376 e. The Morgan fingerprint density at radius 1 is 1.12 bits per heavy atom. The van der Waals surface area contributed by atoms with Gasteiger partial charge in [0.2, 0.25) is 0 Å². The SMILES string of the molecule is CCN1CCN(C(=O)c2cn(CC3CCCO3)cc3c(=O)n(-c4ccccc4)nc2-3)CC1. The Balaban J connectivity index is 1.56. The maximum absolute atomic E-state index is 13.6. The first-order valence-electron chi connectivity index (χ1n) is 11.5. The van der Waals surface area contributed by atoms with Gasteiger partial charge in [0.15, 0.2) is 0 Å². The normalized spacial score (nSPS) is 19.7. The molecular formula is C24H29N5O3. The highest BCUT2D eigenvalue weighted by Crippen LogP contribution is 2.25. The van der Waals surface area contributed by atoms with E-state index in [9.17, 15) is 9.59 Å². The lowest BCUT2D eigenvalue weighted by Gasteiger charge is -2.34. The number of pyridine rings is 1. The molecular weight excluding hydrogens is 406 g/mol. The van der Waals surface area contributed by atoms with Crippen LogP contribution in [-0.2, 0) is 11.3 Å². The Morgan fingerprint density at radius 2 is 1.91 bits per heavy atom. The zero-order chi connectivity index (χ0) is 22.1. The van der Waals surface area contributed by atoms with Crippen LogP contribution < -0.4 is 5.56 Å². The second kappa shape index (κ2) is 8.88. The Labute approximate surface area is 187 Å². The molecule has 0 aromatic heterocycles. The molecule has 4 aliphatic rings. The fraction of sp³-hybridized carbons (Fsp3) is 0.458. The number of fused-ring (bicyclic) bond motifs is 1. The largest absolute Gasteiger partial charge is 0.376 e. The van der Waals surface area contributed by atoms with E-state index >= 15 is 0 Å². The highest BCUT2D eigenvalue weighted by Gasteiger charge is 2.29. The van der Waals surface area contributed by atoms with Crippen molar-refractivity contribution in [1.29, 1.82) is 0 Å². The summed E-state index contributed by atoms with van der Waals surface area (Å²) in [7, 11) is 0. The summed E-state index contributed by atoms with van der Waals surface area (Å²) >= 11 is 0. The van der Waals surface area contributed by atoms with E-state index in [4.69, 9.17) is 4.74 Å². The lowest BCUT2D eigenvalue weighted by molar-refractivity contribution is 0.0641. The quantitative estimate of drug-likeness (QED) is 0.614. The molecule has 1 unspecified atom stereocenters. The molecule has 0 saturated carbocycles. The summed E-state index contributed by atoms with van der Waals surface area (Å²) in [4.78, 5) is 31.1. The molecule has 32 heavy (non-hydrogen) atoms. The minimum absolute atomic E-state index is 0.0647. The molecule has 0 spiro atoms. The molecule has 8 nitrogen and oxygen atoms in total. The van der Waals surface area contributed by atoms with Gasteiger partial charge in [0.25, 0.3) is 11.5 Å². The Hall–Kier alpha value is -2.97.